The van der Waals surface area contributed by atoms with Crippen LogP contribution in [0.2, 0.25) is 0 Å². The van der Waals surface area contributed by atoms with E-state index in [0.29, 0.717) is 5.56 Å². The minimum atomic E-state index is -2.64. The lowest BCUT2D eigenvalue weighted by atomic mass is 9.76. The van der Waals surface area contributed by atoms with Gasteiger partial charge in [-0.25, -0.2) is 13.2 Å². The number of nitrogens with zero attached hydrogens (tertiary/aromatic N) is 1. The van der Waals surface area contributed by atoms with E-state index in [0.717, 1.165) is 6.20 Å². The number of hydrogen-bond donors (Lipinski definition) is 1. The molecule has 0 unspecified atom stereocenters. The molecule has 16 heavy (non-hydrogen) atoms. The Morgan fingerprint density at radius 3 is 2.31 bits per heavy atom. The summed E-state index contributed by atoms with van der Waals surface area (Å²) in [5, 5.41) is 0. The molecule has 5 heteroatoms. The van der Waals surface area contributed by atoms with E-state index in [4.69, 9.17) is 5.73 Å². The second kappa shape index (κ2) is 3.73. The standard InChI is InChI=1S/C11H13F3N2/c12-9-5-8(6-16-7-9)10(15)1-3-11(13,14)4-2-10/h5-7H,1-4,15H2. The van der Waals surface area contributed by atoms with Gasteiger partial charge in [0.15, 0.2) is 0 Å². The summed E-state index contributed by atoms with van der Waals surface area (Å²) >= 11 is 0. The molecule has 0 aliphatic heterocycles. The molecule has 0 saturated heterocycles. The van der Waals surface area contributed by atoms with Crippen LogP contribution in [0.15, 0.2) is 18.5 Å². The summed E-state index contributed by atoms with van der Waals surface area (Å²) in [7, 11) is 0. The predicted molar refractivity (Wildman–Crippen MR) is 53.5 cm³/mol. The molecule has 88 valence electrons. The second-order valence-corrected chi connectivity index (χ2v) is 4.40. The lowest BCUT2D eigenvalue weighted by Gasteiger charge is -2.37. The first-order valence-corrected chi connectivity index (χ1v) is 5.19. The molecule has 1 aliphatic carbocycles. The molecule has 0 radical (unpaired) electrons. The van der Waals surface area contributed by atoms with Crippen molar-refractivity contribution in [3.8, 4) is 0 Å². The number of nitrogens with two attached hydrogens (primary N) is 1. The van der Waals surface area contributed by atoms with Crippen LogP contribution in [0, 0.1) is 5.82 Å². The van der Waals surface area contributed by atoms with E-state index in [1.807, 2.05) is 0 Å². The smallest absolute Gasteiger partial charge is 0.248 e. The van der Waals surface area contributed by atoms with Gasteiger partial charge in [0.2, 0.25) is 5.92 Å². The average molecular weight is 230 g/mol. The highest BCUT2D eigenvalue weighted by atomic mass is 19.3. The summed E-state index contributed by atoms with van der Waals surface area (Å²) in [6, 6.07) is 1.27. The Labute approximate surface area is 91.7 Å². The number of alkyl halides is 2. The molecule has 2 nitrogen and oxygen atoms in total. The highest BCUT2D eigenvalue weighted by Crippen LogP contribution is 2.41. The van der Waals surface area contributed by atoms with Crippen molar-refractivity contribution in [2.45, 2.75) is 37.1 Å². The SMILES string of the molecule is NC1(c2cncc(F)c2)CCC(F)(F)CC1. The van der Waals surface area contributed by atoms with E-state index >= 15 is 0 Å². The van der Waals surface area contributed by atoms with E-state index in [-0.39, 0.29) is 25.7 Å². The summed E-state index contributed by atoms with van der Waals surface area (Å²) in [4.78, 5) is 3.70. The minimum absolute atomic E-state index is 0.158. The molecular weight excluding hydrogens is 217 g/mol. The van der Waals surface area contributed by atoms with Crippen LogP contribution in [0.25, 0.3) is 0 Å². The van der Waals surface area contributed by atoms with Crippen molar-refractivity contribution in [1.29, 1.82) is 0 Å². The number of hydrogen-bond acceptors (Lipinski definition) is 2. The fraction of sp³-hybridized carbons (Fsp3) is 0.545. The molecular formula is C11H13F3N2. The topological polar surface area (TPSA) is 38.9 Å². The van der Waals surface area contributed by atoms with Gasteiger partial charge < -0.3 is 5.73 Å². The van der Waals surface area contributed by atoms with Crippen LogP contribution in [-0.4, -0.2) is 10.9 Å². The molecule has 0 bridgehead atoms. The summed E-state index contributed by atoms with van der Waals surface area (Å²) in [6.07, 6.45) is 2.34. The van der Waals surface area contributed by atoms with E-state index in [2.05, 4.69) is 4.98 Å². The van der Waals surface area contributed by atoms with Gasteiger partial charge in [-0.3, -0.25) is 4.98 Å². The maximum absolute atomic E-state index is 13.0. The van der Waals surface area contributed by atoms with Gasteiger partial charge in [-0.2, -0.15) is 0 Å². The van der Waals surface area contributed by atoms with Gasteiger partial charge in [-0.1, -0.05) is 0 Å². The Kier molecular flexibility index (Phi) is 2.66. The summed E-state index contributed by atoms with van der Waals surface area (Å²) in [6.45, 7) is 0. The van der Waals surface area contributed by atoms with E-state index < -0.39 is 17.3 Å². The van der Waals surface area contributed by atoms with Gasteiger partial charge >= 0.3 is 0 Å². The third kappa shape index (κ3) is 2.19. The molecule has 1 heterocycles. The van der Waals surface area contributed by atoms with Crippen molar-refractivity contribution in [2.24, 2.45) is 5.73 Å². The highest BCUT2D eigenvalue weighted by Gasteiger charge is 2.42. The molecule has 1 aromatic heterocycles. The van der Waals surface area contributed by atoms with Gasteiger partial charge in [0.1, 0.15) is 5.82 Å². The third-order valence-electron chi connectivity index (χ3n) is 3.15. The lowest BCUT2D eigenvalue weighted by molar-refractivity contribution is -0.0514. The monoisotopic (exact) mass is 230 g/mol. The molecule has 1 fully saturated rings. The van der Waals surface area contributed by atoms with Gasteiger partial charge in [0, 0.05) is 24.6 Å². The van der Waals surface area contributed by atoms with Gasteiger partial charge in [-0.05, 0) is 24.5 Å². The molecule has 0 spiro atoms. The Bertz CT molecular complexity index is 383. The number of aromatic nitrogens is 1. The van der Waals surface area contributed by atoms with Crippen molar-refractivity contribution in [1.82, 2.24) is 4.98 Å². The van der Waals surface area contributed by atoms with Crippen LogP contribution in [0.4, 0.5) is 13.2 Å². The van der Waals surface area contributed by atoms with Crippen molar-refractivity contribution in [2.75, 3.05) is 0 Å². The first-order valence-electron chi connectivity index (χ1n) is 5.19. The third-order valence-corrected chi connectivity index (χ3v) is 3.15. The summed E-state index contributed by atoms with van der Waals surface area (Å²) in [5.41, 5.74) is 5.67. The maximum Gasteiger partial charge on any atom is 0.248 e. The number of pyridine rings is 1. The first kappa shape index (κ1) is 11.4. The van der Waals surface area contributed by atoms with E-state index in [1.54, 1.807) is 0 Å². The molecule has 0 amide bonds. The molecule has 0 aromatic carbocycles. The molecule has 2 rings (SSSR count). The zero-order valence-corrected chi connectivity index (χ0v) is 8.72. The fourth-order valence-corrected chi connectivity index (χ4v) is 2.03. The van der Waals surface area contributed by atoms with Gasteiger partial charge in [0.25, 0.3) is 0 Å². The minimum Gasteiger partial charge on any atom is -0.321 e. The van der Waals surface area contributed by atoms with Crippen LogP contribution in [0.1, 0.15) is 31.2 Å². The zero-order chi connectivity index (χ0) is 11.8. The second-order valence-electron chi connectivity index (χ2n) is 4.40. The van der Waals surface area contributed by atoms with Gasteiger partial charge in [-0.15, -0.1) is 0 Å². The van der Waals surface area contributed by atoms with E-state index in [1.165, 1.54) is 12.3 Å². The number of halogens is 3. The number of rotatable bonds is 1. The average Bonchev–Trinajstić information content (AvgIpc) is 2.23. The quantitative estimate of drug-likeness (QED) is 0.805. The lowest BCUT2D eigenvalue weighted by Crippen LogP contribution is -2.43. The van der Waals surface area contributed by atoms with Crippen LogP contribution in [-0.2, 0) is 5.54 Å². The molecule has 0 atom stereocenters. The van der Waals surface area contributed by atoms with Crippen molar-refractivity contribution < 1.29 is 13.2 Å². The zero-order valence-electron chi connectivity index (χ0n) is 8.72. The summed E-state index contributed by atoms with van der Waals surface area (Å²) in [5.74, 6) is -3.12. The van der Waals surface area contributed by atoms with Crippen LogP contribution in [0.3, 0.4) is 0 Å². The molecule has 2 N–H and O–H groups in total. The van der Waals surface area contributed by atoms with Crippen LogP contribution < -0.4 is 5.73 Å². The Morgan fingerprint density at radius 1 is 1.12 bits per heavy atom. The van der Waals surface area contributed by atoms with Crippen LogP contribution >= 0.6 is 0 Å². The predicted octanol–water partition coefficient (Wildman–Crippen LogP) is 2.58. The normalized spacial score (nSPS) is 23.0. The maximum atomic E-state index is 13.0. The molecule has 1 aromatic rings. The van der Waals surface area contributed by atoms with Crippen molar-refractivity contribution >= 4 is 0 Å². The molecule has 1 saturated carbocycles. The van der Waals surface area contributed by atoms with Crippen molar-refractivity contribution in [3.05, 3.63) is 29.8 Å². The first-order chi connectivity index (χ1) is 7.41. The summed E-state index contributed by atoms with van der Waals surface area (Å²) < 4.78 is 39.0. The Morgan fingerprint density at radius 2 is 1.75 bits per heavy atom. The highest BCUT2D eigenvalue weighted by molar-refractivity contribution is 5.22. The largest absolute Gasteiger partial charge is 0.321 e. The molecule has 1 aliphatic rings. The Balaban J connectivity index is 2.21. The van der Waals surface area contributed by atoms with Crippen molar-refractivity contribution in [3.63, 3.8) is 0 Å². The van der Waals surface area contributed by atoms with E-state index in [9.17, 15) is 13.2 Å². The Hall–Kier alpha value is -1.10. The van der Waals surface area contributed by atoms with Gasteiger partial charge in [0.05, 0.1) is 6.20 Å². The fourth-order valence-electron chi connectivity index (χ4n) is 2.03. The van der Waals surface area contributed by atoms with Crippen LogP contribution in [0.5, 0.6) is 0 Å².